The normalized spacial score (nSPS) is 34.0. The number of nitrogens with zero attached hydrogens (tertiary/aromatic N) is 3. The predicted molar refractivity (Wildman–Crippen MR) is 90.3 cm³/mol. The van der Waals surface area contributed by atoms with Gasteiger partial charge in [0.05, 0.1) is 23.3 Å². The molecule has 0 aromatic rings. The van der Waals surface area contributed by atoms with Crippen LogP contribution < -0.4 is 10.6 Å². The van der Waals surface area contributed by atoms with Crippen LogP contribution in [0.2, 0.25) is 0 Å². The van der Waals surface area contributed by atoms with Crippen molar-refractivity contribution in [2.24, 2.45) is 15.9 Å². The van der Waals surface area contributed by atoms with Crippen molar-refractivity contribution >= 4 is 23.1 Å². The van der Waals surface area contributed by atoms with Crippen molar-refractivity contribution in [3.8, 4) is 0 Å². The second-order valence-electron chi connectivity index (χ2n) is 6.21. The Balaban J connectivity index is 1.53. The maximum Gasteiger partial charge on any atom is 0.128 e. The minimum atomic E-state index is 0.149. The van der Waals surface area contributed by atoms with Crippen LogP contribution in [0.25, 0.3) is 0 Å². The van der Waals surface area contributed by atoms with Gasteiger partial charge in [0.1, 0.15) is 12.0 Å². The molecule has 2 N–H and O–H groups in total. The molecule has 4 aliphatic heterocycles. The zero-order chi connectivity index (χ0) is 15.1. The first-order valence-electron chi connectivity index (χ1n) is 7.81. The molecule has 0 aromatic carbocycles. The smallest absolute Gasteiger partial charge is 0.128 e. The summed E-state index contributed by atoms with van der Waals surface area (Å²) < 4.78 is 0. The third-order valence-corrected chi connectivity index (χ3v) is 4.79. The first-order chi connectivity index (χ1) is 10.7. The van der Waals surface area contributed by atoms with Crippen molar-refractivity contribution in [2.45, 2.75) is 25.2 Å². The molecule has 3 unspecified atom stereocenters. The highest BCUT2D eigenvalue weighted by Gasteiger charge is 2.33. The summed E-state index contributed by atoms with van der Waals surface area (Å²) in [5.74, 6) is 1.38. The van der Waals surface area contributed by atoms with E-state index in [9.17, 15) is 0 Å². The molecule has 3 atom stereocenters. The summed E-state index contributed by atoms with van der Waals surface area (Å²) in [6.07, 6.45) is 10.3. The van der Waals surface area contributed by atoms with Crippen LogP contribution >= 0.6 is 11.6 Å². The first kappa shape index (κ1) is 14.2. The molecular weight excluding hydrogens is 298 g/mol. The molecular formula is C16H20ClN5. The highest BCUT2D eigenvalue weighted by molar-refractivity contribution is 6.32. The van der Waals surface area contributed by atoms with Crippen LogP contribution in [0.4, 0.5) is 0 Å². The molecule has 0 aliphatic carbocycles. The second-order valence-corrected chi connectivity index (χ2v) is 6.64. The lowest BCUT2D eigenvalue weighted by atomic mass is 9.99. The van der Waals surface area contributed by atoms with E-state index in [4.69, 9.17) is 16.6 Å². The van der Waals surface area contributed by atoms with Gasteiger partial charge < -0.3 is 10.2 Å². The van der Waals surface area contributed by atoms with Crippen molar-refractivity contribution in [1.29, 1.82) is 0 Å². The molecule has 0 bridgehead atoms. The number of amidine groups is 1. The predicted octanol–water partition coefficient (Wildman–Crippen LogP) is 1.25. The van der Waals surface area contributed by atoms with Crippen molar-refractivity contribution in [1.82, 2.24) is 15.5 Å². The van der Waals surface area contributed by atoms with Gasteiger partial charge in [-0.2, -0.15) is 0 Å². The van der Waals surface area contributed by atoms with Gasteiger partial charge in [-0.3, -0.25) is 15.3 Å². The fraction of sp³-hybridized carbons (Fsp3) is 0.500. The van der Waals surface area contributed by atoms with E-state index >= 15 is 0 Å². The van der Waals surface area contributed by atoms with Gasteiger partial charge in [0.15, 0.2) is 0 Å². The lowest BCUT2D eigenvalue weighted by Crippen LogP contribution is -2.59. The summed E-state index contributed by atoms with van der Waals surface area (Å²) in [7, 11) is 0. The van der Waals surface area contributed by atoms with E-state index in [0.29, 0.717) is 12.0 Å². The quantitative estimate of drug-likeness (QED) is 0.824. The van der Waals surface area contributed by atoms with Crippen LogP contribution in [0.1, 0.15) is 6.92 Å². The fourth-order valence-corrected chi connectivity index (χ4v) is 3.25. The van der Waals surface area contributed by atoms with Gasteiger partial charge in [-0.05, 0) is 18.2 Å². The van der Waals surface area contributed by atoms with Crippen molar-refractivity contribution < 1.29 is 0 Å². The van der Waals surface area contributed by atoms with Gasteiger partial charge in [0.25, 0.3) is 0 Å². The van der Waals surface area contributed by atoms with E-state index in [-0.39, 0.29) is 12.2 Å². The van der Waals surface area contributed by atoms with Crippen LogP contribution in [0.5, 0.6) is 0 Å². The molecule has 4 aliphatic rings. The summed E-state index contributed by atoms with van der Waals surface area (Å²) in [4.78, 5) is 11.7. The average molecular weight is 318 g/mol. The highest BCUT2D eigenvalue weighted by atomic mass is 35.5. The molecule has 1 fully saturated rings. The Morgan fingerprint density at radius 2 is 2.18 bits per heavy atom. The van der Waals surface area contributed by atoms with E-state index in [0.717, 1.165) is 36.2 Å². The van der Waals surface area contributed by atoms with E-state index < -0.39 is 0 Å². The standard InChI is InChI=1S/C16H20ClN5/c1-10-2-4-13(21-16(10)20-12-6-18-7-12)14-8-19-15-5-3-11(17)9-22(14)15/h2-5,9-10,12,14,16,18,20H,6-8H2,1H3. The van der Waals surface area contributed by atoms with Crippen molar-refractivity contribution in [2.75, 3.05) is 19.6 Å². The maximum absolute atomic E-state index is 6.14. The van der Waals surface area contributed by atoms with Crippen LogP contribution in [0, 0.1) is 5.92 Å². The fourth-order valence-electron chi connectivity index (χ4n) is 3.08. The summed E-state index contributed by atoms with van der Waals surface area (Å²) in [6, 6.07) is 0.688. The third kappa shape index (κ3) is 2.53. The van der Waals surface area contributed by atoms with E-state index in [1.807, 2.05) is 18.4 Å². The van der Waals surface area contributed by atoms with Gasteiger partial charge in [-0.25, -0.2) is 0 Å². The van der Waals surface area contributed by atoms with Gasteiger partial charge in [0.2, 0.25) is 0 Å². The molecule has 4 rings (SSSR count). The molecule has 5 nitrogen and oxygen atoms in total. The number of halogens is 1. The number of fused-ring (bicyclic) bond motifs is 1. The van der Waals surface area contributed by atoms with E-state index in [1.54, 1.807) is 0 Å². The van der Waals surface area contributed by atoms with Crippen LogP contribution in [-0.2, 0) is 0 Å². The van der Waals surface area contributed by atoms with Crippen LogP contribution in [0.15, 0.2) is 45.5 Å². The van der Waals surface area contributed by atoms with Crippen molar-refractivity contribution in [3.05, 3.63) is 35.5 Å². The molecule has 1 saturated heterocycles. The zero-order valence-corrected chi connectivity index (χ0v) is 13.3. The number of hydrogen-bond donors (Lipinski definition) is 2. The average Bonchev–Trinajstić information content (AvgIpc) is 2.87. The molecule has 22 heavy (non-hydrogen) atoms. The Labute approximate surface area is 135 Å². The van der Waals surface area contributed by atoms with Gasteiger partial charge >= 0.3 is 0 Å². The topological polar surface area (TPSA) is 52.0 Å². The minimum Gasteiger partial charge on any atom is -0.321 e. The Morgan fingerprint density at radius 1 is 1.32 bits per heavy atom. The third-order valence-electron chi connectivity index (χ3n) is 4.57. The molecule has 0 saturated carbocycles. The molecule has 0 spiro atoms. The van der Waals surface area contributed by atoms with Gasteiger partial charge in [-0.1, -0.05) is 24.6 Å². The highest BCUT2D eigenvalue weighted by Crippen LogP contribution is 2.24. The summed E-state index contributed by atoms with van der Waals surface area (Å²) in [5, 5.41) is 7.65. The lowest BCUT2D eigenvalue weighted by molar-refractivity contribution is 0.303. The second kappa shape index (κ2) is 5.65. The molecule has 4 heterocycles. The minimum absolute atomic E-state index is 0.149. The number of allylic oxidation sites excluding steroid dienone is 2. The van der Waals surface area contributed by atoms with Crippen molar-refractivity contribution in [3.63, 3.8) is 0 Å². The molecule has 0 aromatic heterocycles. The van der Waals surface area contributed by atoms with Crippen LogP contribution in [0.3, 0.4) is 0 Å². The van der Waals surface area contributed by atoms with Gasteiger partial charge in [0, 0.05) is 31.2 Å². The Kier molecular flexibility index (Phi) is 3.64. The molecule has 0 amide bonds. The first-order valence-corrected chi connectivity index (χ1v) is 8.19. The molecule has 116 valence electrons. The monoisotopic (exact) mass is 317 g/mol. The Morgan fingerprint density at radius 3 is 2.95 bits per heavy atom. The summed E-state index contributed by atoms with van der Waals surface area (Å²) in [5.41, 5.74) is 1.08. The largest absolute Gasteiger partial charge is 0.321 e. The zero-order valence-electron chi connectivity index (χ0n) is 12.5. The number of nitrogens with one attached hydrogen (secondary N) is 2. The molecule has 0 radical (unpaired) electrons. The number of hydrogen-bond acceptors (Lipinski definition) is 5. The van der Waals surface area contributed by atoms with E-state index in [2.05, 4.69) is 39.6 Å². The maximum atomic E-state index is 6.14. The summed E-state index contributed by atoms with van der Waals surface area (Å²) >= 11 is 6.14. The van der Waals surface area contributed by atoms with E-state index in [1.165, 1.54) is 0 Å². The number of aliphatic imine (C=N–C) groups is 2. The number of rotatable bonds is 3. The van der Waals surface area contributed by atoms with Gasteiger partial charge in [-0.15, -0.1) is 0 Å². The van der Waals surface area contributed by atoms with Crippen LogP contribution in [-0.4, -0.2) is 54.3 Å². The Hall–Kier alpha value is -1.43. The number of dihydropyridines is 1. The summed E-state index contributed by atoms with van der Waals surface area (Å²) in [6.45, 7) is 5.00. The SMILES string of the molecule is CC1C=CC(C2CN=C3C=CC(Cl)=CN32)=NC1NC1CNC1. The molecule has 6 heteroatoms. The Bertz CT molecular complexity index is 614. The lowest BCUT2D eigenvalue weighted by Gasteiger charge is -2.35.